The fraction of sp³-hybridized carbons (Fsp3) is 0.318. The van der Waals surface area contributed by atoms with E-state index in [1.54, 1.807) is 0 Å². The van der Waals surface area contributed by atoms with Gasteiger partial charge in [-0.1, -0.05) is 67.6 Å². The number of hydrogen-bond acceptors (Lipinski definition) is 4. The molecule has 4 rings (SSSR count). The van der Waals surface area contributed by atoms with Crippen molar-refractivity contribution in [2.24, 2.45) is 11.0 Å². The largest absolute Gasteiger partial charge is 0.376 e. The van der Waals surface area contributed by atoms with E-state index in [1.807, 2.05) is 18.0 Å². The van der Waals surface area contributed by atoms with Crippen molar-refractivity contribution in [3.05, 3.63) is 77.4 Å². The number of hydrogen-bond donors (Lipinski definition) is 0. The maximum Gasteiger partial charge on any atom is 0.0947 e. The molecule has 3 nitrogen and oxygen atoms in total. The van der Waals surface area contributed by atoms with Crippen LogP contribution in [-0.2, 0) is 4.74 Å². The van der Waals surface area contributed by atoms with E-state index in [9.17, 15) is 0 Å². The Labute approximate surface area is 159 Å². The van der Waals surface area contributed by atoms with Crippen LogP contribution in [0.4, 0.5) is 0 Å². The van der Waals surface area contributed by atoms with Crippen LogP contribution in [0.15, 0.2) is 71.3 Å². The molecule has 134 valence electrons. The first-order valence-electron chi connectivity index (χ1n) is 9.26. The summed E-state index contributed by atoms with van der Waals surface area (Å²) in [5.74, 6) is 1.36. The van der Waals surface area contributed by atoms with Crippen LogP contribution >= 0.6 is 11.9 Å². The van der Waals surface area contributed by atoms with Crippen LogP contribution in [0.5, 0.6) is 0 Å². The van der Waals surface area contributed by atoms with Crippen molar-refractivity contribution in [2.75, 3.05) is 19.0 Å². The zero-order chi connectivity index (χ0) is 17.8. The standard InChI is InChI=1S/C22H24N2OS/c1-2-13-26-24-22(18-11-7-4-8-12-18)20-16-25-15-19(21(20)23-24)14-17-9-5-3-6-10-17/h3-12,14,20,22H,2,13,15-16H2,1H3. The van der Waals surface area contributed by atoms with Gasteiger partial charge in [-0.15, -0.1) is 0 Å². The molecule has 4 heteroatoms. The Morgan fingerprint density at radius 2 is 1.85 bits per heavy atom. The van der Waals surface area contributed by atoms with E-state index in [-0.39, 0.29) is 12.0 Å². The third kappa shape index (κ3) is 3.57. The molecule has 0 spiro atoms. The molecular weight excluding hydrogens is 340 g/mol. The molecule has 2 unspecified atom stereocenters. The van der Waals surface area contributed by atoms with Gasteiger partial charge in [0.25, 0.3) is 0 Å². The topological polar surface area (TPSA) is 24.8 Å². The van der Waals surface area contributed by atoms with E-state index in [0.29, 0.717) is 6.61 Å². The van der Waals surface area contributed by atoms with Gasteiger partial charge in [0.1, 0.15) is 0 Å². The molecule has 0 saturated carbocycles. The van der Waals surface area contributed by atoms with Crippen LogP contribution in [0.25, 0.3) is 6.08 Å². The van der Waals surface area contributed by atoms with Crippen LogP contribution < -0.4 is 0 Å². The third-order valence-electron chi connectivity index (χ3n) is 4.77. The molecule has 1 fully saturated rings. The van der Waals surface area contributed by atoms with Crippen molar-refractivity contribution in [3.8, 4) is 0 Å². The molecule has 0 bridgehead atoms. The molecule has 1 saturated heterocycles. The molecule has 2 aliphatic rings. The van der Waals surface area contributed by atoms with Crippen molar-refractivity contribution < 1.29 is 4.74 Å². The number of hydrazone groups is 1. The van der Waals surface area contributed by atoms with E-state index in [2.05, 4.69) is 72.0 Å². The molecule has 0 radical (unpaired) electrons. The van der Waals surface area contributed by atoms with E-state index in [1.165, 1.54) is 22.4 Å². The summed E-state index contributed by atoms with van der Waals surface area (Å²) in [6.45, 7) is 3.58. The minimum atomic E-state index is 0.238. The minimum absolute atomic E-state index is 0.238. The molecular formula is C22H24N2OS. The second-order valence-electron chi connectivity index (χ2n) is 6.68. The SMILES string of the molecule is CCCSN1N=C2C(=Cc3ccccc3)COCC2C1c1ccccc1. The van der Waals surface area contributed by atoms with E-state index in [4.69, 9.17) is 9.84 Å². The highest BCUT2D eigenvalue weighted by molar-refractivity contribution is 7.97. The Balaban J connectivity index is 1.68. The van der Waals surface area contributed by atoms with Crippen LogP contribution in [0, 0.1) is 5.92 Å². The maximum absolute atomic E-state index is 5.99. The average Bonchev–Trinajstić information content (AvgIpc) is 3.07. The first-order chi connectivity index (χ1) is 12.9. The van der Waals surface area contributed by atoms with E-state index < -0.39 is 0 Å². The molecule has 0 aromatic heterocycles. The Morgan fingerprint density at radius 1 is 1.12 bits per heavy atom. The van der Waals surface area contributed by atoms with Gasteiger partial charge < -0.3 is 4.74 Å². The van der Waals surface area contributed by atoms with Crippen LogP contribution in [0.3, 0.4) is 0 Å². The number of ether oxygens (including phenoxy) is 1. The fourth-order valence-electron chi connectivity index (χ4n) is 3.56. The van der Waals surface area contributed by atoms with Gasteiger partial charge >= 0.3 is 0 Å². The van der Waals surface area contributed by atoms with Gasteiger partial charge in [-0.3, -0.25) is 0 Å². The minimum Gasteiger partial charge on any atom is -0.376 e. The van der Waals surface area contributed by atoms with Crippen molar-refractivity contribution in [2.45, 2.75) is 19.4 Å². The molecule has 2 aromatic carbocycles. The summed E-state index contributed by atoms with van der Waals surface area (Å²) in [5, 5.41) is 5.05. The van der Waals surface area contributed by atoms with Gasteiger partial charge in [-0.05, 0) is 35.6 Å². The monoisotopic (exact) mass is 364 g/mol. The lowest BCUT2D eigenvalue weighted by atomic mass is 9.86. The Morgan fingerprint density at radius 3 is 2.58 bits per heavy atom. The van der Waals surface area contributed by atoms with Crippen molar-refractivity contribution in [1.82, 2.24) is 4.41 Å². The fourth-order valence-corrected chi connectivity index (χ4v) is 4.50. The zero-order valence-corrected chi connectivity index (χ0v) is 15.9. The molecule has 0 amide bonds. The predicted molar refractivity (Wildman–Crippen MR) is 110 cm³/mol. The second kappa shape index (κ2) is 8.11. The van der Waals surface area contributed by atoms with Crippen LogP contribution in [-0.4, -0.2) is 29.1 Å². The van der Waals surface area contributed by atoms with Gasteiger partial charge in [0.15, 0.2) is 0 Å². The summed E-state index contributed by atoms with van der Waals surface area (Å²) in [6, 6.07) is 21.4. The summed E-state index contributed by atoms with van der Waals surface area (Å²) < 4.78 is 8.20. The molecule has 26 heavy (non-hydrogen) atoms. The normalized spacial score (nSPS) is 23.8. The maximum atomic E-state index is 5.99. The quantitative estimate of drug-likeness (QED) is 0.683. The van der Waals surface area contributed by atoms with Crippen molar-refractivity contribution >= 4 is 23.7 Å². The lowest BCUT2D eigenvalue weighted by Crippen LogP contribution is -2.32. The summed E-state index contributed by atoms with van der Waals surface area (Å²) in [6.07, 6.45) is 3.36. The predicted octanol–water partition coefficient (Wildman–Crippen LogP) is 5.19. The molecule has 2 heterocycles. The lowest BCUT2D eigenvalue weighted by molar-refractivity contribution is 0.113. The van der Waals surface area contributed by atoms with Gasteiger partial charge in [-0.25, -0.2) is 4.41 Å². The van der Waals surface area contributed by atoms with Crippen LogP contribution in [0.1, 0.15) is 30.5 Å². The number of nitrogens with zero attached hydrogens (tertiary/aromatic N) is 2. The van der Waals surface area contributed by atoms with Gasteiger partial charge in [-0.2, -0.15) is 5.10 Å². The molecule has 2 aromatic rings. The Kier molecular flexibility index (Phi) is 5.42. The molecule has 0 aliphatic carbocycles. The van der Waals surface area contributed by atoms with Gasteiger partial charge in [0.2, 0.25) is 0 Å². The number of rotatable bonds is 5. The summed E-state index contributed by atoms with van der Waals surface area (Å²) in [5.41, 5.74) is 4.90. The molecule has 0 N–H and O–H groups in total. The zero-order valence-electron chi connectivity index (χ0n) is 15.0. The molecule has 2 atom stereocenters. The second-order valence-corrected chi connectivity index (χ2v) is 7.72. The summed E-state index contributed by atoms with van der Waals surface area (Å²) >= 11 is 1.82. The highest BCUT2D eigenvalue weighted by atomic mass is 32.2. The molecule has 2 aliphatic heterocycles. The Hall–Kier alpha value is -2.04. The highest BCUT2D eigenvalue weighted by Crippen LogP contribution is 2.43. The summed E-state index contributed by atoms with van der Waals surface area (Å²) in [4.78, 5) is 0. The van der Waals surface area contributed by atoms with E-state index in [0.717, 1.165) is 18.8 Å². The van der Waals surface area contributed by atoms with Gasteiger partial charge in [0.05, 0.1) is 30.9 Å². The van der Waals surface area contributed by atoms with Crippen LogP contribution in [0.2, 0.25) is 0 Å². The average molecular weight is 365 g/mol. The smallest absolute Gasteiger partial charge is 0.0947 e. The number of benzene rings is 2. The van der Waals surface area contributed by atoms with Gasteiger partial charge in [0, 0.05) is 11.3 Å². The highest BCUT2D eigenvalue weighted by Gasteiger charge is 2.42. The van der Waals surface area contributed by atoms with Crippen molar-refractivity contribution in [3.63, 3.8) is 0 Å². The lowest BCUT2D eigenvalue weighted by Gasteiger charge is -2.29. The van der Waals surface area contributed by atoms with Crippen molar-refractivity contribution in [1.29, 1.82) is 0 Å². The first-order valence-corrected chi connectivity index (χ1v) is 10.2. The summed E-state index contributed by atoms with van der Waals surface area (Å²) in [7, 11) is 0. The number of fused-ring (bicyclic) bond motifs is 1. The first kappa shape index (κ1) is 17.4. The van der Waals surface area contributed by atoms with E-state index >= 15 is 0 Å². The third-order valence-corrected chi connectivity index (χ3v) is 5.93. The Bertz CT molecular complexity index is 788.